The first kappa shape index (κ1) is 10.6. The molecular weight excluding hydrogens is 148 g/mol. The maximum absolute atomic E-state index is 8.89. The van der Waals surface area contributed by atoms with Crippen LogP contribution in [0.4, 0.5) is 0 Å². The quantitative estimate of drug-likeness (QED) is 0.479. The standard InChI is InChI=1S/C11H12O/c1-3-5-6-7-8-9-10-11(12)4-2/h3-5,11-12H,2,6H2,1H3/b5-3+. The van der Waals surface area contributed by atoms with Crippen LogP contribution >= 0.6 is 0 Å². The molecule has 0 heterocycles. The highest BCUT2D eigenvalue weighted by atomic mass is 16.3. The van der Waals surface area contributed by atoms with Crippen molar-refractivity contribution in [3.8, 4) is 23.7 Å². The van der Waals surface area contributed by atoms with E-state index in [9.17, 15) is 0 Å². The van der Waals surface area contributed by atoms with E-state index in [1.54, 1.807) is 0 Å². The summed E-state index contributed by atoms with van der Waals surface area (Å²) in [5.74, 6) is 10.5. The van der Waals surface area contributed by atoms with Crippen molar-refractivity contribution in [2.45, 2.75) is 19.4 Å². The Morgan fingerprint density at radius 3 is 2.83 bits per heavy atom. The maximum atomic E-state index is 8.89. The number of aliphatic hydroxyl groups is 1. The highest BCUT2D eigenvalue weighted by Gasteiger charge is 1.83. The van der Waals surface area contributed by atoms with E-state index >= 15 is 0 Å². The molecule has 0 bridgehead atoms. The first-order valence-corrected chi connectivity index (χ1v) is 3.71. The van der Waals surface area contributed by atoms with E-state index in [1.165, 1.54) is 6.08 Å². The third-order valence-electron chi connectivity index (χ3n) is 1.05. The minimum absolute atomic E-state index is 0.704. The smallest absolute Gasteiger partial charge is 0.134 e. The Kier molecular flexibility index (Phi) is 6.74. The Labute approximate surface area is 73.8 Å². The van der Waals surface area contributed by atoms with Crippen LogP contribution in [-0.4, -0.2) is 11.2 Å². The summed E-state index contributed by atoms with van der Waals surface area (Å²) in [5.41, 5.74) is 0. The summed E-state index contributed by atoms with van der Waals surface area (Å²) >= 11 is 0. The van der Waals surface area contributed by atoms with Gasteiger partial charge in [-0.1, -0.05) is 36.6 Å². The van der Waals surface area contributed by atoms with E-state index in [1.807, 2.05) is 19.1 Å². The summed E-state index contributed by atoms with van der Waals surface area (Å²) in [6.45, 7) is 5.32. The predicted octanol–water partition coefficient (Wildman–Crippen LogP) is 1.51. The fourth-order valence-electron chi connectivity index (χ4n) is 0.441. The molecule has 0 amide bonds. The molecular formula is C11H12O. The summed E-state index contributed by atoms with van der Waals surface area (Å²) in [6.07, 6.45) is 5.18. The van der Waals surface area contributed by atoms with E-state index in [0.717, 1.165) is 0 Å². The zero-order valence-electron chi connectivity index (χ0n) is 7.17. The molecule has 0 aromatic rings. The molecule has 1 N–H and O–H groups in total. The van der Waals surface area contributed by atoms with E-state index < -0.39 is 6.10 Å². The van der Waals surface area contributed by atoms with Gasteiger partial charge in [0.25, 0.3) is 0 Å². The molecule has 0 radical (unpaired) electrons. The number of hydrogen-bond donors (Lipinski definition) is 1. The van der Waals surface area contributed by atoms with E-state index in [2.05, 4.69) is 30.3 Å². The molecule has 1 unspecified atom stereocenters. The summed E-state index contributed by atoms with van der Waals surface area (Å²) in [5, 5.41) is 8.89. The second-order valence-corrected chi connectivity index (χ2v) is 2.02. The molecule has 1 nitrogen and oxygen atoms in total. The lowest BCUT2D eigenvalue weighted by atomic mass is 10.3. The van der Waals surface area contributed by atoms with Crippen LogP contribution in [0.5, 0.6) is 0 Å². The average Bonchev–Trinajstić information content (AvgIpc) is 2.10. The minimum Gasteiger partial charge on any atom is -0.377 e. The molecule has 0 spiro atoms. The van der Waals surface area contributed by atoms with Gasteiger partial charge in [0.1, 0.15) is 6.10 Å². The van der Waals surface area contributed by atoms with Gasteiger partial charge in [-0.05, 0) is 18.8 Å². The van der Waals surface area contributed by atoms with Crippen LogP contribution < -0.4 is 0 Å². The van der Waals surface area contributed by atoms with Crippen molar-refractivity contribution in [3.05, 3.63) is 24.8 Å². The monoisotopic (exact) mass is 160 g/mol. The van der Waals surface area contributed by atoms with Gasteiger partial charge in [0, 0.05) is 6.42 Å². The number of allylic oxidation sites excluding steroid dienone is 2. The number of rotatable bonds is 2. The van der Waals surface area contributed by atoms with Crippen molar-refractivity contribution in [1.82, 2.24) is 0 Å². The van der Waals surface area contributed by atoms with Crippen LogP contribution in [0.15, 0.2) is 24.8 Å². The van der Waals surface area contributed by atoms with Crippen LogP contribution in [0.2, 0.25) is 0 Å². The van der Waals surface area contributed by atoms with Crippen molar-refractivity contribution in [2.75, 3.05) is 0 Å². The molecule has 0 aliphatic carbocycles. The molecule has 62 valence electrons. The van der Waals surface area contributed by atoms with Crippen molar-refractivity contribution in [3.63, 3.8) is 0 Å². The number of hydrogen-bond acceptors (Lipinski definition) is 1. The number of aliphatic hydroxyl groups excluding tert-OH is 1. The van der Waals surface area contributed by atoms with Crippen LogP contribution in [0, 0.1) is 23.7 Å². The Balaban J connectivity index is 3.80. The van der Waals surface area contributed by atoms with Gasteiger partial charge in [-0.2, -0.15) is 0 Å². The first-order chi connectivity index (χ1) is 5.81. The SMILES string of the molecule is C=CC(O)C#CC#CC/C=C/C. The highest BCUT2D eigenvalue weighted by Crippen LogP contribution is 1.79. The van der Waals surface area contributed by atoms with E-state index in [0.29, 0.717) is 6.42 Å². The summed E-state index contributed by atoms with van der Waals surface area (Å²) in [7, 11) is 0. The topological polar surface area (TPSA) is 20.2 Å². The van der Waals surface area contributed by atoms with Crippen LogP contribution in [0.25, 0.3) is 0 Å². The molecule has 0 aliphatic heterocycles. The molecule has 0 rings (SSSR count). The summed E-state index contributed by atoms with van der Waals surface area (Å²) in [6, 6.07) is 0. The van der Waals surface area contributed by atoms with Crippen molar-refractivity contribution in [2.24, 2.45) is 0 Å². The molecule has 1 heteroatoms. The Bertz CT molecular complexity index is 265. The largest absolute Gasteiger partial charge is 0.377 e. The molecule has 0 aromatic carbocycles. The average molecular weight is 160 g/mol. The van der Waals surface area contributed by atoms with Gasteiger partial charge >= 0.3 is 0 Å². The van der Waals surface area contributed by atoms with Gasteiger partial charge < -0.3 is 5.11 Å². The fraction of sp³-hybridized carbons (Fsp3) is 0.273. The predicted molar refractivity (Wildman–Crippen MR) is 51.2 cm³/mol. The molecule has 0 aliphatic rings. The lowest BCUT2D eigenvalue weighted by Crippen LogP contribution is -1.94. The zero-order chi connectivity index (χ0) is 9.23. The van der Waals surface area contributed by atoms with Gasteiger partial charge in [0.05, 0.1) is 0 Å². The van der Waals surface area contributed by atoms with Crippen molar-refractivity contribution < 1.29 is 5.11 Å². The summed E-state index contributed by atoms with van der Waals surface area (Å²) < 4.78 is 0. The fourth-order valence-corrected chi connectivity index (χ4v) is 0.441. The second kappa shape index (κ2) is 7.66. The van der Waals surface area contributed by atoms with Gasteiger partial charge in [0.2, 0.25) is 0 Å². The van der Waals surface area contributed by atoms with Crippen LogP contribution in [0.3, 0.4) is 0 Å². The Hall–Kier alpha value is -1.44. The lowest BCUT2D eigenvalue weighted by Gasteiger charge is -1.86. The van der Waals surface area contributed by atoms with E-state index in [4.69, 9.17) is 5.11 Å². The van der Waals surface area contributed by atoms with Crippen LogP contribution in [-0.2, 0) is 0 Å². The molecule has 1 atom stereocenters. The third-order valence-corrected chi connectivity index (χ3v) is 1.05. The first-order valence-electron chi connectivity index (χ1n) is 3.71. The van der Waals surface area contributed by atoms with Crippen molar-refractivity contribution in [1.29, 1.82) is 0 Å². The van der Waals surface area contributed by atoms with Gasteiger partial charge in [-0.15, -0.1) is 0 Å². The lowest BCUT2D eigenvalue weighted by molar-refractivity contribution is 0.281. The minimum atomic E-state index is -0.763. The Morgan fingerprint density at radius 2 is 2.25 bits per heavy atom. The zero-order valence-corrected chi connectivity index (χ0v) is 7.17. The van der Waals surface area contributed by atoms with Crippen LogP contribution in [0.1, 0.15) is 13.3 Å². The van der Waals surface area contributed by atoms with Gasteiger partial charge in [-0.25, -0.2) is 0 Å². The Morgan fingerprint density at radius 1 is 1.50 bits per heavy atom. The molecule has 0 saturated heterocycles. The van der Waals surface area contributed by atoms with Gasteiger partial charge in [0.15, 0.2) is 0 Å². The van der Waals surface area contributed by atoms with Crippen molar-refractivity contribution >= 4 is 0 Å². The molecule has 0 fully saturated rings. The highest BCUT2D eigenvalue weighted by molar-refractivity contribution is 5.29. The van der Waals surface area contributed by atoms with E-state index in [-0.39, 0.29) is 0 Å². The molecule has 0 aromatic heterocycles. The molecule has 12 heavy (non-hydrogen) atoms. The summed E-state index contributed by atoms with van der Waals surface area (Å²) in [4.78, 5) is 0. The normalized spacial score (nSPS) is 10.8. The van der Waals surface area contributed by atoms with Gasteiger partial charge in [-0.3, -0.25) is 0 Å². The second-order valence-electron chi connectivity index (χ2n) is 2.02. The molecule has 0 saturated carbocycles. The maximum Gasteiger partial charge on any atom is 0.134 e. The third kappa shape index (κ3) is 6.68.